The molecular weight excluding hydrogens is 408 g/mol. The Balaban J connectivity index is 1.86. The number of methoxy groups -OCH3 is 1. The Hall–Kier alpha value is -2.44. The second-order valence-electron chi connectivity index (χ2n) is 6.46. The van der Waals surface area contributed by atoms with E-state index >= 15 is 0 Å². The standard InChI is InChI=1S/C22H23ClN2O3S/c1-4-24(5-2)17-11-10-15(19(13-17)28-3)12-20-21(26)25(22(27)29-20)14-16-8-6-7-9-18(16)23/h6-13H,4-5,14H2,1-3H3/b20-12-. The quantitative estimate of drug-likeness (QED) is 0.548. The first-order chi connectivity index (χ1) is 14.0. The molecule has 1 aliphatic rings. The Labute approximate surface area is 180 Å². The number of anilines is 1. The van der Waals surface area contributed by atoms with Crippen molar-refractivity contribution in [3.63, 3.8) is 0 Å². The number of hydrogen-bond donors (Lipinski definition) is 0. The van der Waals surface area contributed by atoms with Gasteiger partial charge in [-0.1, -0.05) is 29.8 Å². The fraction of sp³-hybridized carbons (Fsp3) is 0.273. The van der Waals surface area contributed by atoms with Crippen molar-refractivity contribution in [1.29, 1.82) is 0 Å². The van der Waals surface area contributed by atoms with Crippen LogP contribution in [0, 0.1) is 0 Å². The van der Waals surface area contributed by atoms with Gasteiger partial charge in [-0.25, -0.2) is 0 Å². The first-order valence-electron chi connectivity index (χ1n) is 9.40. The molecule has 1 heterocycles. The van der Waals surface area contributed by atoms with E-state index in [-0.39, 0.29) is 17.7 Å². The number of halogens is 1. The van der Waals surface area contributed by atoms with Gasteiger partial charge in [0.25, 0.3) is 11.1 Å². The second kappa shape index (κ2) is 9.37. The molecule has 3 rings (SSSR count). The van der Waals surface area contributed by atoms with E-state index in [1.807, 2.05) is 36.4 Å². The topological polar surface area (TPSA) is 49.9 Å². The molecule has 0 bridgehead atoms. The number of amides is 2. The molecule has 29 heavy (non-hydrogen) atoms. The van der Waals surface area contributed by atoms with E-state index in [9.17, 15) is 9.59 Å². The lowest BCUT2D eigenvalue weighted by Crippen LogP contribution is -2.27. The number of hydrogen-bond acceptors (Lipinski definition) is 5. The van der Waals surface area contributed by atoms with Gasteiger partial charge in [0.05, 0.1) is 18.6 Å². The van der Waals surface area contributed by atoms with Crippen LogP contribution in [0.1, 0.15) is 25.0 Å². The van der Waals surface area contributed by atoms with Gasteiger partial charge in [-0.3, -0.25) is 14.5 Å². The minimum atomic E-state index is -0.324. The fourth-order valence-corrected chi connectivity index (χ4v) is 4.20. The van der Waals surface area contributed by atoms with Gasteiger partial charge in [-0.05, 0) is 55.4 Å². The highest BCUT2D eigenvalue weighted by Crippen LogP contribution is 2.36. The average molecular weight is 431 g/mol. The van der Waals surface area contributed by atoms with Gasteiger partial charge in [0, 0.05) is 35.4 Å². The molecule has 0 saturated carbocycles. The lowest BCUT2D eigenvalue weighted by atomic mass is 10.1. The molecule has 2 amide bonds. The second-order valence-corrected chi connectivity index (χ2v) is 7.86. The number of ether oxygens (including phenoxy) is 1. The summed E-state index contributed by atoms with van der Waals surface area (Å²) in [7, 11) is 1.60. The molecule has 2 aromatic carbocycles. The zero-order chi connectivity index (χ0) is 21.0. The predicted octanol–water partition coefficient (Wildman–Crippen LogP) is 5.43. The van der Waals surface area contributed by atoms with Crippen LogP contribution >= 0.6 is 23.4 Å². The van der Waals surface area contributed by atoms with Crippen molar-refractivity contribution in [3.05, 3.63) is 63.5 Å². The van der Waals surface area contributed by atoms with Crippen molar-refractivity contribution in [1.82, 2.24) is 4.90 Å². The van der Waals surface area contributed by atoms with Gasteiger partial charge in [-0.15, -0.1) is 0 Å². The number of thioether (sulfide) groups is 1. The number of imide groups is 1. The first kappa shape index (κ1) is 21.3. The van der Waals surface area contributed by atoms with Crippen molar-refractivity contribution in [2.45, 2.75) is 20.4 Å². The molecule has 0 atom stereocenters. The van der Waals surface area contributed by atoms with Crippen molar-refractivity contribution in [2.24, 2.45) is 0 Å². The Morgan fingerprint density at radius 2 is 1.86 bits per heavy atom. The Morgan fingerprint density at radius 3 is 2.52 bits per heavy atom. The highest BCUT2D eigenvalue weighted by molar-refractivity contribution is 8.18. The van der Waals surface area contributed by atoms with E-state index in [4.69, 9.17) is 16.3 Å². The average Bonchev–Trinajstić information content (AvgIpc) is 2.98. The molecule has 5 nitrogen and oxygen atoms in total. The summed E-state index contributed by atoms with van der Waals surface area (Å²) in [6, 6.07) is 13.1. The summed E-state index contributed by atoms with van der Waals surface area (Å²) in [5, 5.41) is 0.226. The van der Waals surface area contributed by atoms with E-state index in [1.54, 1.807) is 19.3 Å². The molecule has 152 valence electrons. The lowest BCUT2D eigenvalue weighted by Gasteiger charge is -2.22. The highest BCUT2D eigenvalue weighted by Gasteiger charge is 2.35. The van der Waals surface area contributed by atoms with Gasteiger partial charge in [0.2, 0.25) is 0 Å². The Kier molecular flexibility index (Phi) is 6.87. The molecule has 2 aromatic rings. The van der Waals surface area contributed by atoms with Crippen molar-refractivity contribution < 1.29 is 14.3 Å². The maximum absolute atomic E-state index is 12.8. The minimum Gasteiger partial charge on any atom is -0.496 e. The summed E-state index contributed by atoms with van der Waals surface area (Å²) < 4.78 is 5.53. The normalized spacial score (nSPS) is 15.3. The number of carbonyl (C=O) groups excluding carboxylic acids is 2. The van der Waals surface area contributed by atoms with Crippen LogP contribution in [0.5, 0.6) is 5.75 Å². The molecule has 0 N–H and O–H groups in total. The predicted molar refractivity (Wildman–Crippen MR) is 120 cm³/mol. The number of nitrogens with zero attached hydrogens (tertiary/aromatic N) is 2. The molecule has 1 saturated heterocycles. The molecule has 0 spiro atoms. The molecule has 1 aliphatic heterocycles. The third kappa shape index (κ3) is 4.60. The van der Waals surface area contributed by atoms with Crippen LogP contribution in [0.15, 0.2) is 47.4 Å². The summed E-state index contributed by atoms with van der Waals surface area (Å²) in [6.45, 7) is 6.12. The summed E-state index contributed by atoms with van der Waals surface area (Å²) in [6.07, 6.45) is 1.71. The molecule has 7 heteroatoms. The van der Waals surface area contributed by atoms with Gasteiger partial charge in [0.1, 0.15) is 5.75 Å². The minimum absolute atomic E-state index is 0.152. The largest absolute Gasteiger partial charge is 0.496 e. The van der Waals surface area contributed by atoms with E-state index in [0.29, 0.717) is 15.7 Å². The maximum Gasteiger partial charge on any atom is 0.293 e. The lowest BCUT2D eigenvalue weighted by molar-refractivity contribution is -0.123. The first-order valence-corrected chi connectivity index (χ1v) is 10.6. The number of carbonyl (C=O) groups is 2. The fourth-order valence-electron chi connectivity index (χ4n) is 3.18. The van der Waals surface area contributed by atoms with Crippen LogP contribution in [-0.2, 0) is 11.3 Å². The van der Waals surface area contributed by atoms with Gasteiger partial charge in [-0.2, -0.15) is 0 Å². The van der Waals surface area contributed by atoms with E-state index in [2.05, 4.69) is 18.7 Å². The zero-order valence-corrected chi connectivity index (χ0v) is 18.2. The molecular formula is C22H23ClN2O3S. The van der Waals surface area contributed by atoms with E-state index in [0.717, 1.165) is 41.7 Å². The van der Waals surface area contributed by atoms with Gasteiger partial charge >= 0.3 is 0 Å². The third-order valence-electron chi connectivity index (χ3n) is 4.79. The van der Waals surface area contributed by atoms with Crippen LogP contribution in [0.3, 0.4) is 0 Å². The van der Waals surface area contributed by atoms with Crippen LogP contribution in [0.4, 0.5) is 10.5 Å². The maximum atomic E-state index is 12.8. The molecule has 0 unspecified atom stereocenters. The van der Waals surface area contributed by atoms with Crippen LogP contribution in [0.2, 0.25) is 5.02 Å². The van der Waals surface area contributed by atoms with Crippen LogP contribution in [-0.4, -0.2) is 36.2 Å². The van der Waals surface area contributed by atoms with E-state index < -0.39 is 0 Å². The summed E-state index contributed by atoms with van der Waals surface area (Å²) in [5.41, 5.74) is 2.54. The molecule has 0 radical (unpaired) electrons. The highest BCUT2D eigenvalue weighted by atomic mass is 35.5. The third-order valence-corrected chi connectivity index (χ3v) is 6.07. The Morgan fingerprint density at radius 1 is 1.14 bits per heavy atom. The SMILES string of the molecule is CCN(CC)c1ccc(/C=C2\SC(=O)N(Cc3ccccc3Cl)C2=O)c(OC)c1. The van der Waals surface area contributed by atoms with Gasteiger partial charge in [0.15, 0.2) is 0 Å². The molecule has 1 fully saturated rings. The van der Waals surface area contributed by atoms with E-state index in [1.165, 1.54) is 4.90 Å². The number of benzene rings is 2. The Bertz CT molecular complexity index is 957. The molecule has 0 aromatic heterocycles. The zero-order valence-electron chi connectivity index (χ0n) is 16.6. The summed E-state index contributed by atoms with van der Waals surface area (Å²) in [4.78, 5) is 29.1. The van der Waals surface area contributed by atoms with Crippen LogP contribution < -0.4 is 9.64 Å². The summed E-state index contributed by atoms with van der Waals surface area (Å²) in [5.74, 6) is 0.335. The monoisotopic (exact) mass is 430 g/mol. The van der Waals surface area contributed by atoms with Gasteiger partial charge < -0.3 is 9.64 Å². The van der Waals surface area contributed by atoms with Crippen molar-refractivity contribution in [3.8, 4) is 5.75 Å². The van der Waals surface area contributed by atoms with Crippen LogP contribution in [0.25, 0.3) is 6.08 Å². The molecule has 0 aliphatic carbocycles. The smallest absolute Gasteiger partial charge is 0.293 e. The number of rotatable bonds is 7. The van der Waals surface area contributed by atoms with Crippen molar-refractivity contribution >= 4 is 46.3 Å². The summed E-state index contributed by atoms with van der Waals surface area (Å²) >= 11 is 7.11. The van der Waals surface area contributed by atoms with Crippen molar-refractivity contribution in [2.75, 3.05) is 25.1 Å².